The van der Waals surface area contributed by atoms with Crippen LogP contribution in [0.1, 0.15) is 20.3 Å². The lowest BCUT2D eigenvalue weighted by molar-refractivity contribution is -0.138. The van der Waals surface area contributed by atoms with E-state index in [0.29, 0.717) is 0 Å². The van der Waals surface area contributed by atoms with Gasteiger partial charge in [0.25, 0.3) is 0 Å². The molecule has 114 valence electrons. The molecule has 0 saturated carbocycles. The minimum absolute atomic E-state index is 0.284. The molecule has 0 aromatic heterocycles. The Morgan fingerprint density at radius 2 is 1.70 bits per heavy atom. The van der Waals surface area contributed by atoms with Crippen LogP contribution in [0, 0.1) is 5.92 Å². The maximum atomic E-state index is 11.7. The van der Waals surface area contributed by atoms with Crippen molar-refractivity contribution in [3.8, 4) is 0 Å². The van der Waals surface area contributed by atoms with Crippen LogP contribution < -0.4 is 22.1 Å². The normalized spacial score (nSPS) is 13.4. The molecule has 0 bridgehead atoms. The van der Waals surface area contributed by atoms with Crippen LogP contribution in [0.25, 0.3) is 0 Å². The van der Waals surface area contributed by atoms with Crippen molar-refractivity contribution in [2.75, 3.05) is 6.54 Å². The van der Waals surface area contributed by atoms with E-state index in [9.17, 15) is 19.2 Å². The van der Waals surface area contributed by atoms with E-state index in [1.54, 1.807) is 13.8 Å². The van der Waals surface area contributed by atoms with Crippen molar-refractivity contribution < 1.29 is 24.3 Å². The van der Waals surface area contributed by atoms with Crippen molar-refractivity contribution in [3.63, 3.8) is 0 Å². The summed E-state index contributed by atoms with van der Waals surface area (Å²) in [5.41, 5.74) is 10.4. The topological polar surface area (TPSA) is 165 Å². The zero-order valence-corrected chi connectivity index (χ0v) is 11.4. The Hall–Kier alpha value is -2.16. The molecule has 0 rings (SSSR count). The molecule has 0 heterocycles. The van der Waals surface area contributed by atoms with E-state index in [0.717, 1.165) is 0 Å². The van der Waals surface area contributed by atoms with Gasteiger partial charge >= 0.3 is 5.97 Å². The van der Waals surface area contributed by atoms with Gasteiger partial charge in [0, 0.05) is 0 Å². The molecule has 9 heteroatoms. The third kappa shape index (κ3) is 6.69. The number of primary amides is 1. The second kappa shape index (κ2) is 8.10. The highest BCUT2D eigenvalue weighted by Gasteiger charge is 2.27. The van der Waals surface area contributed by atoms with E-state index in [1.165, 1.54) is 0 Å². The predicted molar refractivity (Wildman–Crippen MR) is 69.2 cm³/mol. The Kier molecular flexibility index (Phi) is 7.22. The lowest BCUT2D eigenvalue weighted by Crippen LogP contribution is -2.54. The van der Waals surface area contributed by atoms with Crippen LogP contribution in [-0.2, 0) is 19.2 Å². The molecule has 3 amide bonds. The maximum Gasteiger partial charge on any atom is 0.322 e. The minimum atomic E-state index is -1.20. The summed E-state index contributed by atoms with van der Waals surface area (Å²) in [6.45, 7) is 2.79. The molecule has 0 aromatic rings. The number of hydrogen-bond acceptors (Lipinski definition) is 5. The van der Waals surface area contributed by atoms with Crippen molar-refractivity contribution in [2.24, 2.45) is 17.4 Å². The smallest absolute Gasteiger partial charge is 0.322 e. The quantitative estimate of drug-likeness (QED) is 0.332. The first kappa shape index (κ1) is 17.8. The van der Waals surface area contributed by atoms with Crippen molar-refractivity contribution in [3.05, 3.63) is 0 Å². The zero-order chi connectivity index (χ0) is 15.9. The molecule has 0 aromatic carbocycles. The number of nitrogens with two attached hydrogens (primary N) is 2. The van der Waals surface area contributed by atoms with E-state index in [2.05, 4.69) is 10.6 Å². The van der Waals surface area contributed by atoms with Crippen molar-refractivity contribution in [1.82, 2.24) is 10.6 Å². The number of hydrogen-bond donors (Lipinski definition) is 5. The van der Waals surface area contributed by atoms with Gasteiger partial charge in [-0.15, -0.1) is 0 Å². The van der Waals surface area contributed by atoms with Gasteiger partial charge in [-0.25, -0.2) is 0 Å². The van der Waals surface area contributed by atoms with Gasteiger partial charge in [0.2, 0.25) is 17.7 Å². The van der Waals surface area contributed by atoms with E-state index < -0.39 is 42.3 Å². The Morgan fingerprint density at radius 1 is 1.15 bits per heavy atom. The van der Waals surface area contributed by atoms with E-state index >= 15 is 0 Å². The molecule has 0 saturated heterocycles. The van der Waals surface area contributed by atoms with Crippen LogP contribution in [0.5, 0.6) is 0 Å². The fourth-order valence-electron chi connectivity index (χ4n) is 1.38. The molecule has 0 fully saturated rings. The summed E-state index contributed by atoms with van der Waals surface area (Å²) >= 11 is 0. The molecule has 0 aliphatic rings. The van der Waals surface area contributed by atoms with Gasteiger partial charge in [-0.1, -0.05) is 13.8 Å². The maximum absolute atomic E-state index is 11.7. The number of carbonyl (C=O) groups is 4. The van der Waals surface area contributed by atoms with Gasteiger partial charge in [0.1, 0.15) is 12.6 Å². The average Bonchev–Trinajstić information content (AvgIpc) is 2.31. The molecule has 7 N–H and O–H groups in total. The predicted octanol–water partition coefficient (Wildman–Crippen LogP) is -2.47. The molecule has 2 atom stereocenters. The standard InChI is InChI=1S/C11H20N4O5/c1-5(2)9(11(20)14-4-8(17)18)15-10(19)6(12)3-7(13)16/h5-6,9H,3-4,12H2,1-2H3,(H2,13,16)(H,14,20)(H,15,19)(H,17,18)/t6-,9-/m0/s1. The van der Waals surface area contributed by atoms with Crippen LogP contribution >= 0.6 is 0 Å². The molecular weight excluding hydrogens is 268 g/mol. The second-order valence-electron chi connectivity index (χ2n) is 4.62. The summed E-state index contributed by atoms with van der Waals surface area (Å²) in [5, 5.41) is 13.0. The average molecular weight is 288 g/mol. The SMILES string of the molecule is CC(C)[C@H](NC(=O)[C@@H](N)CC(N)=O)C(=O)NCC(=O)O. The highest BCUT2D eigenvalue weighted by atomic mass is 16.4. The summed E-state index contributed by atoms with van der Waals surface area (Å²) in [4.78, 5) is 44.5. The molecule has 9 nitrogen and oxygen atoms in total. The van der Waals surface area contributed by atoms with Crippen LogP contribution in [0.15, 0.2) is 0 Å². The number of rotatable bonds is 8. The zero-order valence-electron chi connectivity index (χ0n) is 11.4. The van der Waals surface area contributed by atoms with Gasteiger partial charge < -0.3 is 27.2 Å². The number of carboxylic acid groups (broad SMARTS) is 1. The van der Waals surface area contributed by atoms with Gasteiger partial charge in [-0.3, -0.25) is 19.2 Å². The molecule has 0 spiro atoms. The van der Waals surface area contributed by atoms with Crippen molar-refractivity contribution in [2.45, 2.75) is 32.4 Å². The van der Waals surface area contributed by atoms with Gasteiger partial charge in [-0.2, -0.15) is 0 Å². The molecule has 0 unspecified atom stereocenters. The van der Waals surface area contributed by atoms with Crippen LogP contribution in [0.3, 0.4) is 0 Å². The summed E-state index contributed by atoms with van der Waals surface area (Å²) < 4.78 is 0. The molecular formula is C11H20N4O5. The minimum Gasteiger partial charge on any atom is -0.480 e. The fourth-order valence-corrected chi connectivity index (χ4v) is 1.38. The molecule has 0 aliphatic carbocycles. The number of aliphatic carboxylic acids is 1. The fraction of sp³-hybridized carbons (Fsp3) is 0.636. The highest BCUT2D eigenvalue weighted by molar-refractivity contribution is 5.92. The summed E-state index contributed by atoms with van der Waals surface area (Å²) in [7, 11) is 0. The van der Waals surface area contributed by atoms with Crippen LogP contribution in [0.2, 0.25) is 0 Å². The van der Waals surface area contributed by atoms with E-state index in [1.807, 2.05) is 0 Å². The van der Waals surface area contributed by atoms with Gasteiger partial charge in [-0.05, 0) is 5.92 Å². The Balaban J connectivity index is 4.61. The Labute approximate surface area is 116 Å². The van der Waals surface area contributed by atoms with Crippen molar-refractivity contribution in [1.29, 1.82) is 0 Å². The first-order chi connectivity index (χ1) is 9.15. The van der Waals surface area contributed by atoms with E-state index in [-0.39, 0.29) is 12.3 Å². The Bertz CT molecular complexity index is 396. The lowest BCUT2D eigenvalue weighted by atomic mass is 10.0. The summed E-state index contributed by atoms with van der Waals surface area (Å²) in [5.74, 6) is -3.55. The number of carboxylic acids is 1. The second-order valence-corrected chi connectivity index (χ2v) is 4.62. The molecule has 0 aliphatic heterocycles. The van der Waals surface area contributed by atoms with Crippen LogP contribution in [0.4, 0.5) is 0 Å². The number of carbonyl (C=O) groups excluding carboxylic acids is 3. The Morgan fingerprint density at radius 3 is 2.10 bits per heavy atom. The first-order valence-electron chi connectivity index (χ1n) is 5.99. The number of nitrogens with one attached hydrogen (secondary N) is 2. The third-order valence-electron chi connectivity index (χ3n) is 2.42. The summed E-state index contributed by atoms with van der Waals surface area (Å²) in [6.07, 6.45) is -0.340. The van der Waals surface area contributed by atoms with Gasteiger partial charge in [0.15, 0.2) is 0 Å². The summed E-state index contributed by atoms with van der Waals surface area (Å²) in [6, 6.07) is -2.10. The highest BCUT2D eigenvalue weighted by Crippen LogP contribution is 2.02. The van der Waals surface area contributed by atoms with Crippen molar-refractivity contribution >= 4 is 23.7 Å². The monoisotopic (exact) mass is 288 g/mol. The third-order valence-corrected chi connectivity index (χ3v) is 2.42. The van der Waals surface area contributed by atoms with Gasteiger partial charge in [0.05, 0.1) is 12.5 Å². The van der Waals surface area contributed by atoms with E-state index in [4.69, 9.17) is 16.6 Å². The first-order valence-corrected chi connectivity index (χ1v) is 5.99. The number of amides is 3. The lowest BCUT2D eigenvalue weighted by Gasteiger charge is -2.22. The molecule has 0 radical (unpaired) electrons. The molecule has 20 heavy (non-hydrogen) atoms. The largest absolute Gasteiger partial charge is 0.480 e. The van der Waals surface area contributed by atoms with Crippen LogP contribution in [-0.4, -0.2) is 47.4 Å².